The highest BCUT2D eigenvalue weighted by Crippen LogP contribution is 2.04. The lowest BCUT2D eigenvalue weighted by atomic mass is 10.2. The van der Waals surface area contributed by atoms with Gasteiger partial charge in [0.2, 0.25) is 0 Å². The molecule has 0 aliphatic heterocycles. The van der Waals surface area contributed by atoms with Gasteiger partial charge in [0.15, 0.2) is 0 Å². The maximum Gasteiger partial charge on any atom is 0.251 e. The third kappa shape index (κ3) is 3.79. The van der Waals surface area contributed by atoms with Gasteiger partial charge in [-0.15, -0.1) is 11.6 Å². The maximum atomic E-state index is 12.9. The molecule has 0 spiro atoms. The molecule has 1 rings (SSSR count). The highest BCUT2D eigenvalue weighted by molar-refractivity contribution is 6.18. The number of halogens is 2. The average molecular weight is 246 g/mol. The van der Waals surface area contributed by atoms with Crippen LogP contribution in [0.1, 0.15) is 10.4 Å². The van der Waals surface area contributed by atoms with Gasteiger partial charge < -0.3 is 10.1 Å². The fourth-order valence-corrected chi connectivity index (χ4v) is 1.39. The molecular weight excluding hydrogens is 233 g/mol. The molecule has 1 aromatic rings. The zero-order valence-electron chi connectivity index (χ0n) is 8.87. The number of amides is 1. The van der Waals surface area contributed by atoms with Crippen LogP contribution >= 0.6 is 11.6 Å². The van der Waals surface area contributed by atoms with Crippen molar-refractivity contribution in [2.24, 2.45) is 0 Å². The van der Waals surface area contributed by atoms with Gasteiger partial charge >= 0.3 is 0 Å². The van der Waals surface area contributed by atoms with Crippen LogP contribution in [0.4, 0.5) is 4.39 Å². The van der Waals surface area contributed by atoms with Crippen molar-refractivity contribution in [3.05, 3.63) is 35.6 Å². The molecule has 16 heavy (non-hydrogen) atoms. The van der Waals surface area contributed by atoms with E-state index >= 15 is 0 Å². The number of benzene rings is 1. The fraction of sp³-hybridized carbons (Fsp3) is 0.364. The Kier molecular flexibility index (Phi) is 5.22. The smallest absolute Gasteiger partial charge is 0.251 e. The van der Waals surface area contributed by atoms with Gasteiger partial charge in [0.1, 0.15) is 5.82 Å². The van der Waals surface area contributed by atoms with E-state index in [1.807, 2.05) is 0 Å². The Morgan fingerprint density at radius 2 is 2.38 bits per heavy atom. The van der Waals surface area contributed by atoms with E-state index in [2.05, 4.69) is 5.32 Å². The van der Waals surface area contributed by atoms with Gasteiger partial charge in [-0.25, -0.2) is 4.39 Å². The monoisotopic (exact) mass is 245 g/mol. The van der Waals surface area contributed by atoms with Crippen molar-refractivity contribution in [1.29, 1.82) is 0 Å². The summed E-state index contributed by atoms with van der Waals surface area (Å²) in [5, 5.41) is 2.65. The van der Waals surface area contributed by atoms with Gasteiger partial charge in [-0.1, -0.05) is 6.07 Å². The predicted molar refractivity (Wildman–Crippen MR) is 60.3 cm³/mol. The van der Waals surface area contributed by atoms with E-state index in [-0.39, 0.29) is 23.4 Å². The lowest BCUT2D eigenvalue weighted by Crippen LogP contribution is -2.39. The first kappa shape index (κ1) is 12.9. The normalized spacial score (nSPS) is 12.2. The third-order valence-electron chi connectivity index (χ3n) is 1.98. The molecule has 88 valence electrons. The molecule has 0 radical (unpaired) electrons. The van der Waals surface area contributed by atoms with E-state index in [0.29, 0.717) is 6.61 Å². The minimum atomic E-state index is -0.443. The van der Waals surface area contributed by atoms with Gasteiger partial charge in [0, 0.05) is 18.6 Å². The third-order valence-corrected chi connectivity index (χ3v) is 2.35. The van der Waals surface area contributed by atoms with Crippen molar-refractivity contribution in [1.82, 2.24) is 5.32 Å². The minimum Gasteiger partial charge on any atom is -0.383 e. The van der Waals surface area contributed by atoms with Gasteiger partial charge in [0.25, 0.3) is 5.91 Å². The summed E-state index contributed by atoms with van der Waals surface area (Å²) in [4.78, 5) is 11.6. The van der Waals surface area contributed by atoms with Crippen LogP contribution < -0.4 is 5.32 Å². The zero-order valence-corrected chi connectivity index (χ0v) is 9.63. The molecule has 0 saturated carbocycles. The first-order valence-electron chi connectivity index (χ1n) is 4.78. The van der Waals surface area contributed by atoms with Crippen LogP contribution in [0, 0.1) is 5.82 Å². The highest BCUT2D eigenvalue weighted by atomic mass is 35.5. The van der Waals surface area contributed by atoms with Gasteiger partial charge in [0.05, 0.1) is 12.6 Å². The van der Waals surface area contributed by atoms with E-state index in [1.165, 1.54) is 31.4 Å². The number of rotatable bonds is 5. The topological polar surface area (TPSA) is 38.3 Å². The average Bonchev–Trinajstić information content (AvgIpc) is 2.28. The van der Waals surface area contributed by atoms with Crippen molar-refractivity contribution in [2.75, 3.05) is 19.6 Å². The van der Waals surface area contributed by atoms with Crippen molar-refractivity contribution >= 4 is 17.5 Å². The summed E-state index contributed by atoms with van der Waals surface area (Å²) < 4.78 is 17.7. The number of ether oxygens (including phenoxy) is 1. The number of methoxy groups -OCH3 is 1. The lowest BCUT2D eigenvalue weighted by Gasteiger charge is -2.14. The van der Waals surface area contributed by atoms with Gasteiger partial charge in [-0.05, 0) is 18.2 Å². The first-order chi connectivity index (χ1) is 7.67. The Hall–Kier alpha value is -1.13. The van der Waals surface area contributed by atoms with E-state index in [4.69, 9.17) is 16.3 Å². The Morgan fingerprint density at radius 3 is 2.94 bits per heavy atom. The summed E-state index contributed by atoms with van der Waals surface area (Å²) in [5.74, 6) is -0.557. The Balaban J connectivity index is 2.64. The molecule has 1 amide bonds. The summed E-state index contributed by atoms with van der Waals surface area (Å²) in [5.41, 5.74) is 0.270. The number of hydrogen-bond acceptors (Lipinski definition) is 2. The molecule has 1 atom stereocenters. The molecule has 3 nitrogen and oxygen atoms in total. The van der Waals surface area contributed by atoms with Gasteiger partial charge in [-0.2, -0.15) is 0 Å². The molecule has 1 unspecified atom stereocenters. The predicted octanol–water partition coefficient (Wildman–Crippen LogP) is 1.81. The largest absolute Gasteiger partial charge is 0.383 e. The van der Waals surface area contributed by atoms with Crippen molar-refractivity contribution < 1.29 is 13.9 Å². The second-order valence-corrected chi connectivity index (χ2v) is 3.60. The molecule has 0 aromatic heterocycles. The molecule has 1 aromatic carbocycles. The maximum absolute atomic E-state index is 12.9. The number of carbonyl (C=O) groups is 1. The molecule has 1 N–H and O–H groups in total. The molecule has 0 aliphatic carbocycles. The Bertz CT molecular complexity index is 360. The summed E-state index contributed by atoms with van der Waals surface area (Å²) in [6.07, 6.45) is 0. The van der Waals surface area contributed by atoms with Crippen LogP contribution in [0.15, 0.2) is 24.3 Å². The minimum absolute atomic E-state index is 0.245. The standard InChI is InChI=1S/C11H13ClFNO2/c1-16-7-10(6-12)14-11(15)8-3-2-4-9(13)5-8/h2-5,10H,6-7H2,1H3,(H,14,15). The van der Waals surface area contributed by atoms with E-state index in [1.54, 1.807) is 0 Å². The number of alkyl halides is 1. The number of nitrogens with one attached hydrogen (secondary N) is 1. The van der Waals surface area contributed by atoms with Crippen LogP contribution in [0.25, 0.3) is 0 Å². The second kappa shape index (κ2) is 6.45. The SMILES string of the molecule is COCC(CCl)NC(=O)c1cccc(F)c1. The molecule has 0 aliphatic rings. The Morgan fingerprint density at radius 1 is 1.62 bits per heavy atom. The Labute approximate surface area is 98.5 Å². The lowest BCUT2D eigenvalue weighted by molar-refractivity contribution is 0.0906. The van der Waals surface area contributed by atoms with Crippen molar-refractivity contribution in [3.8, 4) is 0 Å². The van der Waals surface area contributed by atoms with Crippen LogP contribution in [0.2, 0.25) is 0 Å². The van der Waals surface area contributed by atoms with E-state index < -0.39 is 5.82 Å². The zero-order chi connectivity index (χ0) is 12.0. The molecule has 0 heterocycles. The van der Waals surface area contributed by atoms with E-state index in [9.17, 15) is 9.18 Å². The molecule has 0 bridgehead atoms. The summed E-state index contributed by atoms with van der Waals surface area (Å²) in [7, 11) is 1.52. The van der Waals surface area contributed by atoms with E-state index in [0.717, 1.165) is 0 Å². The first-order valence-corrected chi connectivity index (χ1v) is 5.32. The number of hydrogen-bond donors (Lipinski definition) is 1. The highest BCUT2D eigenvalue weighted by Gasteiger charge is 2.12. The van der Waals surface area contributed by atoms with Crippen molar-refractivity contribution in [2.45, 2.75) is 6.04 Å². The molecule has 0 fully saturated rings. The van der Waals surface area contributed by atoms with Gasteiger partial charge in [-0.3, -0.25) is 4.79 Å². The quantitative estimate of drug-likeness (QED) is 0.804. The second-order valence-electron chi connectivity index (χ2n) is 3.29. The van der Waals surface area contributed by atoms with Crippen LogP contribution in [-0.2, 0) is 4.74 Å². The van der Waals surface area contributed by atoms with Crippen LogP contribution in [-0.4, -0.2) is 31.5 Å². The number of carbonyl (C=O) groups excluding carboxylic acids is 1. The summed E-state index contributed by atoms with van der Waals surface area (Å²) >= 11 is 5.64. The molecule has 5 heteroatoms. The summed E-state index contributed by atoms with van der Waals surface area (Å²) in [6, 6.07) is 5.20. The molecular formula is C11H13ClFNO2. The molecule has 0 saturated heterocycles. The summed E-state index contributed by atoms with van der Waals surface area (Å²) in [6.45, 7) is 0.324. The van der Waals surface area contributed by atoms with Crippen LogP contribution in [0.3, 0.4) is 0 Å². The fourth-order valence-electron chi connectivity index (χ4n) is 1.22. The van der Waals surface area contributed by atoms with Crippen molar-refractivity contribution in [3.63, 3.8) is 0 Å². The van der Waals surface area contributed by atoms with Crippen LogP contribution in [0.5, 0.6) is 0 Å².